The summed E-state index contributed by atoms with van der Waals surface area (Å²) in [5.74, 6) is -1.96. The third-order valence-electron chi connectivity index (χ3n) is 1.92. The molecule has 1 heterocycles. The van der Waals surface area contributed by atoms with Crippen LogP contribution < -0.4 is 10.1 Å². The van der Waals surface area contributed by atoms with Crippen LogP contribution in [0.5, 0.6) is 5.75 Å². The van der Waals surface area contributed by atoms with E-state index in [-0.39, 0.29) is 17.1 Å². The number of carbonyl (C=O) groups excluding carboxylic acids is 1. The van der Waals surface area contributed by atoms with Crippen molar-refractivity contribution in [2.75, 3.05) is 5.32 Å². The predicted octanol–water partition coefficient (Wildman–Crippen LogP) is 2.54. The van der Waals surface area contributed by atoms with Crippen molar-refractivity contribution in [3.05, 3.63) is 28.3 Å². The normalized spacial score (nSPS) is 15.4. The summed E-state index contributed by atoms with van der Waals surface area (Å²) < 4.78 is 29.6. The lowest BCUT2D eigenvalue weighted by atomic mass is 10.2. The fourth-order valence-electron chi connectivity index (χ4n) is 1.20. The number of nitro groups is 1. The van der Waals surface area contributed by atoms with Crippen LogP contribution in [0.15, 0.2) is 18.2 Å². The Bertz CT molecular complexity index is 491. The summed E-state index contributed by atoms with van der Waals surface area (Å²) in [5, 5.41) is 12.2. The number of ether oxygens (including phenoxy) is 1. The van der Waals surface area contributed by atoms with Crippen molar-refractivity contribution < 1.29 is 23.2 Å². The summed E-state index contributed by atoms with van der Waals surface area (Å²) in [5.41, 5.74) is -0.474. The molecule has 1 aliphatic heterocycles. The van der Waals surface area contributed by atoms with E-state index in [1.807, 2.05) is 19.2 Å². The van der Waals surface area contributed by atoms with Gasteiger partial charge in [0, 0.05) is 12.1 Å². The lowest BCUT2D eigenvalue weighted by Gasteiger charge is -2.24. The minimum absolute atomic E-state index is 0.148. The Morgan fingerprint density at radius 1 is 1.39 bits per heavy atom. The van der Waals surface area contributed by atoms with Gasteiger partial charge in [0.15, 0.2) is 5.75 Å². The summed E-state index contributed by atoms with van der Waals surface area (Å²) in [4.78, 5) is 20.5. The molecular weight excluding hydrogens is 250 g/mol. The molecule has 8 heteroatoms. The second-order valence-electron chi connectivity index (χ2n) is 3.01. The number of anilines is 1. The third kappa shape index (κ3) is 2.53. The molecule has 0 atom stereocenters. The molecule has 0 bridgehead atoms. The monoisotopic (exact) mass is 260 g/mol. The summed E-state index contributed by atoms with van der Waals surface area (Å²) in [7, 11) is 0. The number of fused-ring (bicyclic) bond motifs is 1. The molecule has 1 aliphatic rings. The summed E-state index contributed by atoms with van der Waals surface area (Å²) in [6, 6.07) is 2.95. The first-order valence-corrected chi connectivity index (χ1v) is 5.07. The topological polar surface area (TPSA) is 81.5 Å². The maximum atomic E-state index is 12.8. The number of alkyl halides is 2. The second-order valence-corrected chi connectivity index (χ2v) is 3.01. The fraction of sp³-hybridized carbons (Fsp3) is 0.300. The van der Waals surface area contributed by atoms with E-state index >= 15 is 0 Å². The predicted molar refractivity (Wildman–Crippen MR) is 58.6 cm³/mol. The molecule has 0 fully saturated rings. The number of hydrogen-bond acceptors (Lipinski definition) is 4. The molecular formula is C10H10F2N2O4. The van der Waals surface area contributed by atoms with Crippen LogP contribution in [0.2, 0.25) is 0 Å². The standard InChI is InChI=1S/C8H4F2N2O4.C2H6/c9-8(10)7(13)11-5-3-4(12(14)15)1-2-6(5)16-8;1-2/h1-3H,(H,11,13);1-2H3. The SMILES string of the molecule is CC.O=C1Nc2cc([N+](=O)[O-])ccc2OC1(F)F. The number of benzene rings is 1. The van der Waals surface area contributed by atoms with Crippen LogP contribution in [-0.2, 0) is 4.79 Å². The molecule has 0 saturated heterocycles. The highest BCUT2D eigenvalue weighted by molar-refractivity contribution is 5.98. The highest BCUT2D eigenvalue weighted by Crippen LogP contribution is 2.37. The molecule has 0 spiro atoms. The Balaban J connectivity index is 0.000000771. The zero-order valence-corrected chi connectivity index (χ0v) is 9.57. The van der Waals surface area contributed by atoms with Gasteiger partial charge in [0.25, 0.3) is 5.69 Å². The lowest BCUT2D eigenvalue weighted by Crippen LogP contribution is -2.43. The van der Waals surface area contributed by atoms with E-state index in [1.54, 1.807) is 0 Å². The largest absolute Gasteiger partial charge is 0.482 e. The minimum Gasteiger partial charge on any atom is -0.423 e. The van der Waals surface area contributed by atoms with Crippen molar-refractivity contribution in [2.24, 2.45) is 0 Å². The Morgan fingerprint density at radius 2 is 2.00 bits per heavy atom. The van der Waals surface area contributed by atoms with Crippen molar-refractivity contribution in [1.82, 2.24) is 0 Å². The van der Waals surface area contributed by atoms with Gasteiger partial charge in [0.05, 0.1) is 10.6 Å². The Labute approximate surface area is 101 Å². The quantitative estimate of drug-likeness (QED) is 0.621. The third-order valence-corrected chi connectivity index (χ3v) is 1.92. The van der Waals surface area contributed by atoms with Crippen LogP contribution in [0, 0.1) is 10.1 Å². The van der Waals surface area contributed by atoms with Crippen LogP contribution in [0.25, 0.3) is 0 Å². The van der Waals surface area contributed by atoms with Crippen LogP contribution >= 0.6 is 0 Å². The van der Waals surface area contributed by atoms with E-state index in [4.69, 9.17) is 0 Å². The van der Waals surface area contributed by atoms with E-state index in [2.05, 4.69) is 4.74 Å². The van der Waals surface area contributed by atoms with E-state index < -0.39 is 16.9 Å². The van der Waals surface area contributed by atoms with Crippen LogP contribution in [0.3, 0.4) is 0 Å². The van der Waals surface area contributed by atoms with Gasteiger partial charge in [0.1, 0.15) is 0 Å². The first-order chi connectivity index (χ1) is 8.40. The number of halogens is 2. The minimum atomic E-state index is -3.96. The van der Waals surface area contributed by atoms with Crippen molar-refractivity contribution in [2.45, 2.75) is 20.0 Å². The lowest BCUT2D eigenvalue weighted by molar-refractivity contribution is -0.384. The smallest absolute Gasteiger partial charge is 0.423 e. The van der Waals surface area contributed by atoms with Crippen molar-refractivity contribution in [3.8, 4) is 5.75 Å². The zero-order chi connectivity index (χ0) is 13.9. The van der Waals surface area contributed by atoms with Gasteiger partial charge in [-0.2, -0.15) is 8.78 Å². The molecule has 0 aliphatic carbocycles. The molecule has 6 nitrogen and oxygen atoms in total. The number of nitrogens with zero attached hydrogens (tertiary/aromatic N) is 1. The van der Waals surface area contributed by atoms with E-state index in [0.717, 1.165) is 18.2 Å². The molecule has 0 unspecified atom stereocenters. The number of nitrogens with one attached hydrogen (secondary N) is 1. The van der Waals surface area contributed by atoms with Gasteiger partial charge < -0.3 is 10.1 Å². The Kier molecular flexibility index (Phi) is 3.79. The summed E-state index contributed by atoms with van der Waals surface area (Å²) >= 11 is 0. The number of hydrogen-bond donors (Lipinski definition) is 1. The molecule has 2 rings (SSSR count). The second kappa shape index (κ2) is 4.94. The summed E-state index contributed by atoms with van der Waals surface area (Å²) in [6.07, 6.45) is -3.96. The van der Waals surface area contributed by atoms with E-state index in [1.165, 1.54) is 0 Å². The first-order valence-electron chi connectivity index (χ1n) is 5.07. The van der Waals surface area contributed by atoms with Gasteiger partial charge in [-0.3, -0.25) is 14.9 Å². The maximum absolute atomic E-state index is 12.8. The van der Waals surface area contributed by atoms with Gasteiger partial charge in [-0.25, -0.2) is 0 Å². The first kappa shape index (κ1) is 13.8. The molecule has 1 amide bonds. The van der Waals surface area contributed by atoms with E-state index in [0.29, 0.717) is 0 Å². The van der Waals surface area contributed by atoms with Crippen LogP contribution in [0.4, 0.5) is 20.2 Å². The highest BCUT2D eigenvalue weighted by Gasteiger charge is 2.46. The Hall–Kier alpha value is -2.25. The summed E-state index contributed by atoms with van der Waals surface area (Å²) in [6.45, 7) is 4.00. The molecule has 0 aromatic heterocycles. The van der Waals surface area contributed by atoms with Crippen molar-refractivity contribution in [1.29, 1.82) is 0 Å². The fourth-order valence-corrected chi connectivity index (χ4v) is 1.20. The van der Waals surface area contributed by atoms with Gasteiger partial charge in [-0.1, -0.05) is 13.8 Å². The highest BCUT2D eigenvalue weighted by atomic mass is 19.3. The van der Waals surface area contributed by atoms with E-state index in [9.17, 15) is 23.7 Å². The molecule has 0 radical (unpaired) electrons. The molecule has 1 aromatic carbocycles. The van der Waals surface area contributed by atoms with Crippen molar-refractivity contribution in [3.63, 3.8) is 0 Å². The molecule has 1 aromatic rings. The van der Waals surface area contributed by atoms with Crippen LogP contribution in [0.1, 0.15) is 13.8 Å². The Morgan fingerprint density at radius 3 is 2.56 bits per heavy atom. The van der Waals surface area contributed by atoms with Crippen LogP contribution in [-0.4, -0.2) is 16.9 Å². The average Bonchev–Trinajstić information content (AvgIpc) is 2.32. The van der Waals surface area contributed by atoms with Gasteiger partial charge >= 0.3 is 12.0 Å². The number of non-ortho nitro benzene ring substituents is 1. The van der Waals surface area contributed by atoms with Crippen molar-refractivity contribution >= 4 is 17.3 Å². The average molecular weight is 260 g/mol. The van der Waals surface area contributed by atoms with Gasteiger partial charge in [-0.15, -0.1) is 0 Å². The number of carbonyl (C=O) groups is 1. The molecule has 98 valence electrons. The molecule has 0 saturated carbocycles. The number of amides is 1. The number of rotatable bonds is 1. The zero-order valence-electron chi connectivity index (χ0n) is 9.57. The van der Waals surface area contributed by atoms with Gasteiger partial charge in [-0.05, 0) is 6.07 Å². The molecule has 1 N–H and O–H groups in total. The van der Waals surface area contributed by atoms with Gasteiger partial charge in [0.2, 0.25) is 0 Å². The molecule has 18 heavy (non-hydrogen) atoms. The maximum Gasteiger partial charge on any atom is 0.482 e. The number of nitro benzene ring substituents is 1.